The van der Waals surface area contributed by atoms with Crippen molar-refractivity contribution in [2.45, 2.75) is 44.9 Å². The molecule has 0 amide bonds. The summed E-state index contributed by atoms with van der Waals surface area (Å²) in [4.78, 5) is 0. The van der Waals surface area contributed by atoms with E-state index in [0.717, 1.165) is 37.7 Å². The Hall–Kier alpha value is -1.77. The van der Waals surface area contributed by atoms with Gasteiger partial charge in [0.15, 0.2) is 0 Å². The lowest BCUT2D eigenvalue weighted by molar-refractivity contribution is 0.217. The highest BCUT2D eigenvalue weighted by molar-refractivity contribution is 7.86. The second kappa shape index (κ2) is 7.18. The zero-order valence-electron chi connectivity index (χ0n) is 16.8. The number of hydrogen-bond acceptors (Lipinski definition) is 5. The predicted molar refractivity (Wildman–Crippen MR) is 109 cm³/mol. The number of piperidine rings is 2. The maximum absolute atomic E-state index is 13.0. The van der Waals surface area contributed by atoms with Crippen molar-refractivity contribution < 1.29 is 12.8 Å². The lowest BCUT2D eigenvalue weighted by atomic mass is 9.92. The molecule has 3 heterocycles. The first kappa shape index (κ1) is 19.2. The molecule has 0 radical (unpaired) electrons. The third-order valence-electron chi connectivity index (χ3n) is 7.06. The first-order chi connectivity index (χ1) is 14.0. The number of nitrogens with zero attached hydrogens (tertiary/aromatic N) is 4. The van der Waals surface area contributed by atoms with E-state index in [9.17, 15) is 8.42 Å². The summed E-state index contributed by atoms with van der Waals surface area (Å²) in [5, 5.41) is 8.51. The van der Waals surface area contributed by atoms with Crippen molar-refractivity contribution in [3.8, 4) is 11.5 Å². The lowest BCUT2D eigenvalue weighted by Crippen LogP contribution is -2.49. The van der Waals surface area contributed by atoms with Crippen LogP contribution in [0.2, 0.25) is 0 Å². The van der Waals surface area contributed by atoms with Crippen LogP contribution in [0.4, 0.5) is 0 Å². The van der Waals surface area contributed by atoms with Crippen molar-refractivity contribution in [1.82, 2.24) is 18.8 Å². The van der Waals surface area contributed by atoms with Gasteiger partial charge in [0.05, 0.1) is 0 Å². The molecule has 5 rings (SSSR count). The summed E-state index contributed by atoms with van der Waals surface area (Å²) in [5.41, 5.74) is 1.06. The van der Waals surface area contributed by atoms with E-state index < -0.39 is 10.2 Å². The highest BCUT2D eigenvalue weighted by Gasteiger charge is 2.59. The van der Waals surface area contributed by atoms with Gasteiger partial charge in [0.2, 0.25) is 11.8 Å². The van der Waals surface area contributed by atoms with Crippen molar-refractivity contribution in [2.24, 2.45) is 11.3 Å². The molecular formula is C21H28N4O3S. The molecule has 1 saturated carbocycles. The molecule has 1 spiro atoms. The molecule has 1 aliphatic carbocycles. The van der Waals surface area contributed by atoms with Gasteiger partial charge in [0.1, 0.15) is 0 Å². The first-order valence-corrected chi connectivity index (χ1v) is 12.0. The van der Waals surface area contributed by atoms with E-state index >= 15 is 0 Å². The monoisotopic (exact) mass is 416 g/mol. The fourth-order valence-electron chi connectivity index (χ4n) is 4.86. The Morgan fingerprint density at radius 1 is 1.00 bits per heavy atom. The van der Waals surface area contributed by atoms with Gasteiger partial charge in [-0.2, -0.15) is 17.0 Å². The molecule has 0 bridgehead atoms. The molecule has 156 valence electrons. The molecule has 7 nitrogen and oxygen atoms in total. The van der Waals surface area contributed by atoms with Gasteiger partial charge in [-0.05, 0) is 55.6 Å². The molecular weight excluding hydrogens is 388 g/mol. The van der Waals surface area contributed by atoms with Crippen LogP contribution in [0.1, 0.15) is 50.8 Å². The minimum absolute atomic E-state index is 0.128. The molecule has 29 heavy (non-hydrogen) atoms. The van der Waals surface area contributed by atoms with Crippen molar-refractivity contribution in [3.63, 3.8) is 0 Å². The summed E-state index contributed by atoms with van der Waals surface area (Å²) in [6.45, 7) is 4.67. The van der Waals surface area contributed by atoms with E-state index in [2.05, 4.69) is 17.1 Å². The predicted octanol–water partition coefficient (Wildman–Crippen LogP) is 3.28. The maximum atomic E-state index is 13.0. The van der Waals surface area contributed by atoms with Gasteiger partial charge in [0, 0.05) is 37.7 Å². The van der Waals surface area contributed by atoms with Crippen LogP contribution in [0.25, 0.3) is 11.5 Å². The molecule has 1 aromatic heterocycles. The van der Waals surface area contributed by atoms with Gasteiger partial charge in [-0.25, -0.2) is 0 Å². The highest BCUT2D eigenvalue weighted by Crippen LogP contribution is 2.64. The summed E-state index contributed by atoms with van der Waals surface area (Å²) in [7, 11) is -3.33. The Kier molecular flexibility index (Phi) is 4.75. The van der Waals surface area contributed by atoms with Crippen LogP contribution in [-0.4, -0.2) is 53.4 Å². The molecule has 1 atom stereocenters. The molecule has 0 unspecified atom stereocenters. The van der Waals surface area contributed by atoms with Gasteiger partial charge >= 0.3 is 0 Å². The quantitative estimate of drug-likeness (QED) is 0.764. The molecule has 2 aromatic rings. The minimum atomic E-state index is -3.33. The lowest BCUT2D eigenvalue weighted by Gasteiger charge is -2.37. The molecule has 3 fully saturated rings. The first-order valence-electron chi connectivity index (χ1n) is 10.6. The van der Waals surface area contributed by atoms with Gasteiger partial charge in [0.25, 0.3) is 10.2 Å². The SMILES string of the molecule is CC1CCN(S(=O)(=O)N2CCC3(CC2)C[C@H]3c2nnc(-c3ccccc3)o2)CC1. The van der Waals surface area contributed by atoms with Crippen LogP contribution in [0, 0.1) is 11.3 Å². The highest BCUT2D eigenvalue weighted by atomic mass is 32.2. The zero-order valence-corrected chi connectivity index (χ0v) is 17.6. The standard InChI is InChI=1S/C21H28N4O3S/c1-16-7-11-24(12-8-16)29(26,27)25-13-9-21(10-14-25)15-18(21)20-23-22-19(28-20)17-5-3-2-4-6-17/h2-6,16,18H,7-15H2,1H3/t18-/m0/s1. The Morgan fingerprint density at radius 3 is 2.34 bits per heavy atom. The summed E-state index contributed by atoms with van der Waals surface area (Å²) in [5.74, 6) is 2.13. The maximum Gasteiger partial charge on any atom is 0.281 e. The Morgan fingerprint density at radius 2 is 1.66 bits per heavy atom. The summed E-state index contributed by atoms with van der Waals surface area (Å²) >= 11 is 0. The second-order valence-corrected chi connectivity index (χ2v) is 10.8. The van der Waals surface area contributed by atoms with Gasteiger partial charge < -0.3 is 4.42 Å². The van der Waals surface area contributed by atoms with Crippen LogP contribution in [0.3, 0.4) is 0 Å². The molecule has 1 aromatic carbocycles. The number of benzene rings is 1. The third kappa shape index (κ3) is 3.51. The van der Waals surface area contributed by atoms with Crippen LogP contribution < -0.4 is 0 Å². The Bertz CT molecular complexity index is 959. The van der Waals surface area contributed by atoms with Gasteiger partial charge in [-0.15, -0.1) is 10.2 Å². The fourth-order valence-corrected chi connectivity index (χ4v) is 6.51. The summed E-state index contributed by atoms with van der Waals surface area (Å²) in [6.07, 6.45) is 4.66. The smallest absolute Gasteiger partial charge is 0.281 e. The largest absolute Gasteiger partial charge is 0.420 e. The molecule has 8 heteroatoms. The number of hydrogen-bond donors (Lipinski definition) is 0. The van der Waals surface area contributed by atoms with E-state index in [4.69, 9.17) is 4.42 Å². The van der Waals surface area contributed by atoms with Gasteiger partial charge in [-0.3, -0.25) is 0 Å². The summed E-state index contributed by atoms with van der Waals surface area (Å²) < 4.78 is 35.3. The van der Waals surface area contributed by atoms with Gasteiger partial charge in [-0.1, -0.05) is 25.1 Å². The van der Waals surface area contributed by atoms with Crippen molar-refractivity contribution in [3.05, 3.63) is 36.2 Å². The third-order valence-corrected chi connectivity index (χ3v) is 9.10. The summed E-state index contributed by atoms with van der Waals surface area (Å²) in [6, 6.07) is 9.80. The minimum Gasteiger partial charge on any atom is -0.420 e. The van der Waals surface area contributed by atoms with E-state index in [1.165, 1.54) is 0 Å². The van der Waals surface area contributed by atoms with Crippen LogP contribution in [0.5, 0.6) is 0 Å². The van der Waals surface area contributed by atoms with E-state index in [1.807, 2.05) is 30.3 Å². The van der Waals surface area contributed by atoms with Crippen LogP contribution >= 0.6 is 0 Å². The van der Waals surface area contributed by atoms with E-state index in [-0.39, 0.29) is 11.3 Å². The fraction of sp³-hybridized carbons (Fsp3) is 0.619. The number of rotatable bonds is 4. The Balaban J connectivity index is 1.22. The average Bonchev–Trinajstić information content (AvgIpc) is 3.21. The molecule has 0 N–H and O–H groups in total. The molecule has 2 aliphatic heterocycles. The van der Waals surface area contributed by atoms with Crippen LogP contribution in [-0.2, 0) is 10.2 Å². The number of aromatic nitrogens is 2. The van der Waals surface area contributed by atoms with Crippen molar-refractivity contribution >= 4 is 10.2 Å². The van der Waals surface area contributed by atoms with Crippen molar-refractivity contribution in [1.29, 1.82) is 0 Å². The van der Waals surface area contributed by atoms with Crippen molar-refractivity contribution in [2.75, 3.05) is 26.2 Å². The van der Waals surface area contributed by atoms with E-state index in [1.54, 1.807) is 8.61 Å². The topological polar surface area (TPSA) is 79.5 Å². The molecule has 3 aliphatic rings. The normalized spacial score (nSPS) is 26.0. The Labute approximate surface area is 172 Å². The zero-order chi connectivity index (χ0) is 20.1. The molecule has 2 saturated heterocycles. The van der Waals surface area contributed by atoms with Crippen LogP contribution in [0.15, 0.2) is 34.7 Å². The van der Waals surface area contributed by atoms with E-state index in [0.29, 0.717) is 43.9 Å². The second-order valence-electron chi connectivity index (χ2n) is 8.92. The average molecular weight is 417 g/mol.